The fourth-order valence-electron chi connectivity index (χ4n) is 5.75. The number of carbonyl (C=O) groups is 5. The number of fused-ring (bicyclic) bond motifs is 2. The zero-order valence-electron chi connectivity index (χ0n) is 28.2. The number of hydrogen-bond acceptors (Lipinski definition) is 13. The summed E-state index contributed by atoms with van der Waals surface area (Å²) in [6.45, 7) is -2.13. The maximum Gasteiger partial charge on any atom is 3.00 e. The molecule has 17 nitrogen and oxygen atoms in total. The van der Waals surface area contributed by atoms with Crippen molar-refractivity contribution in [1.82, 2.24) is 35.3 Å². The molecule has 0 bridgehead atoms. The molecule has 0 aliphatic carbocycles. The van der Waals surface area contributed by atoms with Crippen molar-refractivity contribution in [2.45, 2.75) is 12.8 Å². The Labute approximate surface area is 330 Å². The summed E-state index contributed by atoms with van der Waals surface area (Å²) in [5.41, 5.74) is 3.37. The molecule has 0 saturated heterocycles. The van der Waals surface area contributed by atoms with Gasteiger partial charge in [-0.25, -0.2) is 0 Å². The summed E-state index contributed by atoms with van der Waals surface area (Å²) in [6, 6.07) is 9.78. The van der Waals surface area contributed by atoms with Crippen LogP contribution in [0.25, 0.3) is 21.8 Å². The standard InChI is InChI=1S/C34H43N7O10.Gd/c42-24-1-3-28-26(13-24)22(15-37-28)5-7-35-30(44)17-40(20-33(48)49)11-9-39(19-32(46)47)10-12-41(21-34(50)51)18-31(45)36-8-6-23-16-38-29-4-2-25(43)14-27(23)29;/h1-4,13-16,37-38,42-43H,5-12,17-21H2,(H,35,44)(H,36,45)(H,46,47)(H,48,49)(H,50,51);/q;+3/p-3. The van der Waals surface area contributed by atoms with Crippen LogP contribution in [-0.4, -0.2) is 137 Å². The van der Waals surface area contributed by atoms with Crippen LogP contribution < -0.4 is 26.0 Å². The van der Waals surface area contributed by atoms with E-state index in [4.69, 9.17) is 0 Å². The first-order valence-corrected chi connectivity index (χ1v) is 16.2. The monoisotopic (exact) mass is 864 g/mol. The van der Waals surface area contributed by atoms with E-state index >= 15 is 0 Å². The summed E-state index contributed by atoms with van der Waals surface area (Å²) in [5, 5.41) is 61.0. The summed E-state index contributed by atoms with van der Waals surface area (Å²) in [7, 11) is 0. The number of H-pyrrole nitrogens is 2. The number of carboxylic acids is 3. The third-order valence-electron chi connectivity index (χ3n) is 8.19. The van der Waals surface area contributed by atoms with Gasteiger partial charge in [0.25, 0.3) is 0 Å². The van der Waals surface area contributed by atoms with E-state index in [1.165, 1.54) is 14.7 Å². The normalized spacial score (nSPS) is 11.3. The number of nitrogens with one attached hydrogen (secondary N) is 4. The maximum atomic E-state index is 12.7. The van der Waals surface area contributed by atoms with Gasteiger partial charge < -0.3 is 60.5 Å². The summed E-state index contributed by atoms with van der Waals surface area (Å²) in [4.78, 5) is 69.8. The Hall–Kier alpha value is -4.33. The third-order valence-corrected chi connectivity index (χ3v) is 8.19. The summed E-state index contributed by atoms with van der Waals surface area (Å²) >= 11 is 0. The van der Waals surface area contributed by atoms with Crippen molar-refractivity contribution in [3.05, 3.63) is 59.9 Å². The van der Waals surface area contributed by atoms with Crippen molar-refractivity contribution in [2.24, 2.45) is 0 Å². The van der Waals surface area contributed by atoms with Crippen LogP contribution in [0.2, 0.25) is 0 Å². The number of carbonyl (C=O) groups excluding carboxylic acids is 5. The van der Waals surface area contributed by atoms with E-state index < -0.39 is 49.4 Å². The van der Waals surface area contributed by atoms with E-state index in [1.807, 2.05) is 0 Å². The van der Waals surface area contributed by atoms with Gasteiger partial charge >= 0.3 is 39.9 Å². The number of hydrogen-bond donors (Lipinski definition) is 6. The number of phenolic OH excluding ortho intramolecular Hbond substituents is 2. The molecule has 0 spiro atoms. The first-order valence-electron chi connectivity index (χ1n) is 16.2. The van der Waals surface area contributed by atoms with Gasteiger partial charge in [0.1, 0.15) is 11.5 Å². The van der Waals surface area contributed by atoms with Crippen LogP contribution in [0, 0.1) is 39.9 Å². The minimum atomic E-state index is -1.44. The molecule has 4 rings (SSSR count). The fourth-order valence-corrected chi connectivity index (χ4v) is 5.75. The first-order chi connectivity index (χ1) is 24.4. The van der Waals surface area contributed by atoms with Gasteiger partial charge in [0, 0.05) is 93.1 Å². The predicted molar refractivity (Wildman–Crippen MR) is 178 cm³/mol. The molecular formula is C34H40GdN7O10. The summed E-state index contributed by atoms with van der Waals surface area (Å²) in [5.74, 6) is -5.05. The Morgan fingerprint density at radius 1 is 0.577 bits per heavy atom. The average Bonchev–Trinajstić information content (AvgIpc) is 3.64. The predicted octanol–water partition coefficient (Wildman–Crippen LogP) is -3.77. The van der Waals surface area contributed by atoms with Crippen LogP contribution >= 0.6 is 0 Å². The third kappa shape index (κ3) is 13.7. The molecule has 279 valence electrons. The minimum Gasteiger partial charge on any atom is -0.549 e. The van der Waals surface area contributed by atoms with Crippen LogP contribution in [0.3, 0.4) is 0 Å². The van der Waals surface area contributed by atoms with Gasteiger partial charge in [-0.3, -0.25) is 24.3 Å². The van der Waals surface area contributed by atoms with Crippen molar-refractivity contribution in [2.75, 3.05) is 72.0 Å². The molecule has 2 aromatic carbocycles. The molecule has 0 unspecified atom stereocenters. The molecule has 4 aromatic rings. The van der Waals surface area contributed by atoms with E-state index in [9.17, 15) is 49.5 Å². The van der Waals surface area contributed by atoms with Crippen LogP contribution in [0.4, 0.5) is 0 Å². The smallest absolute Gasteiger partial charge is 0.549 e. The van der Waals surface area contributed by atoms with Crippen molar-refractivity contribution >= 4 is 51.5 Å². The van der Waals surface area contributed by atoms with Gasteiger partial charge in [-0.2, -0.15) is 0 Å². The van der Waals surface area contributed by atoms with Crippen molar-refractivity contribution in [3.63, 3.8) is 0 Å². The SMILES string of the molecule is O=C([O-])CN(CCN(CC(=O)[O-])CC(=O)NCCc1c[nH]c2ccc(O)cc12)CCN(CC(=O)[O-])CC(=O)NCCc1c[nH]c2ccc(O)cc12.[Gd+3]. The second-order valence-electron chi connectivity index (χ2n) is 12.1. The second kappa shape index (κ2) is 20.6. The number of rotatable bonds is 22. The van der Waals surface area contributed by atoms with Crippen LogP contribution in [0.1, 0.15) is 11.1 Å². The molecule has 2 aromatic heterocycles. The van der Waals surface area contributed by atoms with Gasteiger partial charge in [-0.1, -0.05) is 0 Å². The molecule has 0 fully saturated rings. The fraction of sp³-hybridized carbons (Fsp3) is 0.382. The number of aromatic nitrogens is 2. The van der Waals surface area contributed by atoms with Crippen molar-refractivity contribution in [1.29, 1.82) is 0 Å². The number of aromatic amines is 2. The zero-order valence-corrected chi connectivity index (χ0v) is 30.4. The van der Waals surface area contributed by atoms with E-state index in [0.29, 0.717) is 12.8 Å². The molecule has 2 amide bonds. The number of nitrogens with zero attached hydrogens (tertiary/aromatic N) is 3. The quantitative estimate of drug-likeness (QED) is 0.0444. The first kappa shape index (κ1) is 42.1. The Morgan fingerprint density at radius 3 is 1.33 bits per heavy atom. The topological polar surface area (TPSA) is 260 Å². The number of aromatic hydroxyl groups is 2. The molecular weight excluding hydrogens is 824 g/mol. The average molecular weight is 864 g/mol. The molecule has 2 heterocycles. The van der Waals surface area contributed by atoms with E-state index in [2.05, 4.69) is 20.6 Å². The van der Waals surface area contributed by atoms with Crippen molar-refractivity contribution in [3.8, 4) is 11.5 Å². The van der Waals surface area contributed by atoms with E-state index in [1.54, 1.807) is 48.8 Å². The Kier molecular flexibility index (Phi) is 16.7. The largest absolute Gasteiger partial charge is 3.00 e. The Balaban J connectivity index is 0.00000729. The van der Waals surface area contributed by atoms with Gasteiger partial charge in [0.05, 0.1) is 31.0 Å². The maximum absolute atomic E-state index is 12.7. The van der Waals surface area contributed by atoms with E-state index in [-0.39, 0.29) is 104 Å². The number of phenols is 2. The molecule has 0 saturated carbocycles. The molecule has 1 radical (unpaired) electrons. The van der Waals surface area contributed by atoms with Gasteiger partial charge in [0.15, 0.2) is 0 Å². The van der Waals surface area contributed by atoms with Crippen LogP contribution in [-0.2, 0) is 36.8 Å². The van der Waals surface area contributed by atoms with Gasteiger partial charge in [0.2, 0.25) is 11.8 Å². The van der Waals surface area contributed by atoms with Gasteiger partial charge in [-0.05, 0) is 60.4 Å². The van der Waals surface area contributed by atoms with Gasteiger partial charge in [-0.15, -0.1) is 0 Å². The number of aliphatic carboxylic acids is 3. The minimum absolute atomic E-state index is 0. The molecule has 18 heteroatoms. The zero-order chi connectivity index (χ0) is 36.9. The van der Waals surface area contributed by atoms with Crippen LogP contribution in [0.5, 0.6) is 11.5 Å². The number of benzene rings is 2. The molecule has 52 heavy (non-hydrogen) atoms. The molecule has 0 aliphatic heterocycles. The molecule has 0 atom stereocenters. The van der Waals surface area contributed by atoms with E-state index in [0.717, 1.165) is 32.9 Å². The summed E-state index contributed by atoms with van der Waals surface area (Å²) < 4.78 is 0. The number of amides is 2. The molecule has 0 aliphatic rings. The van der Waals surface area contributed by atoms with Crippen molar-refractivity contribution < 1.29 is 89.4 Å². The Bertz CT molecular complexity index is 1720. The second-order valence-corrected chi connectivity index (χ2v) is 12.1. The van der Waals surface area contributed by atoms with Crippen LogP contribution in [0.15, 0.2) is 48.8 Å². The summed E-state index contributed by atoms with van der Waals surface area (Å²) in [6.07, 6.45) is 4.41. The number of carboxylic acid groups (broad SMARTS) is 3. The Morgan fingerprint density at radius 2 is 0.942 bits per heavy atom. The molecule has 6 N–H and O–H groups in total.